The molecule has 0 aliphatic carbocycles. The molecule has 2 aromatic carbocycles. The van der Waals surface area contributed by atoms with Gasteiger partial charge in [-0.05, 0) is 38.0 Å². The minimum Gasteiger partial charge on any atom is -0.450 e. The molecule has 6 heteroatoms. The molecule has 0 saturated carbocycles. The first-order valence-corrected chi connectivity index (χ1v) is 10.1. The molecule has 1 aromatic heterocycles. The van der Waals surface area contributed by atoms with E-state index in [2.05, 4.69) is 5.32 Å². The Morgan fingerprint density at radius 2 is 1.65 bits per heavy atom. The molecule has 3 rings (SSSR count). The highest BCUT2D eigenvalue weighted by atomic mass is 16.5. The van der Waals surface area contributed by atoms with Crippen molar-refractivity contribution in [2.24, 2.45) is 0 Å². The monoisotopic (exact) mass is 419 g/mol. The number of amides is 1. The standard InChI is InChI=1S/C25H25NO5/c1-4-21(19-7-5-16(2)6-8-19)26-24(28)15-30-25(29)23-14-13-22(31-23)20-11-9-18(10-12-20)17(3)27/h5-14,21H,4,15H2,1-3H3,(H,26,28)/t21-/m1/s1. The highest BCUT2D eigenvalue weighted by Crippen LogP contribution is 2.23. The van der Waals surface area contributed by atoms with E-state index in [1.165, 1.54) is 13.0 Å². The summed E-state index contributed by atoms with van der Waals surface area (Å²) in [5.41, 5.74) is 3.47. The number of Topliss-reactive ketones (excluding diaryl/α,β-unsaturated/α-hetero) is 1. The Morgan fingerprint density at radius 3 is 2.26 bits per heavy atom. The zero-order valence-electron chi connectivity index (χ0n) is 17.8. The fourth-order valence-electron chi connectivity index (χ4n) is 3.13. The largest absolute Gasteiger partial charge is 0.450 e. The first kappa shape index (κ1) is 22.0. The van der Waals surface area contributed by atoms with Gasteiger partial charge in [-0.15, -0.1) is 0 Å². The maximum Gasteiger partial charge on any atom is 0.374 e. The Morgan fingerprint density at radius 1 is 0.968 bits per heavy atom. The molecule has 0 saturated heterocycles. The summed E-state index contributed by atoms with van der Waals surface area (Å²) in [7, 11) is 0. The van der Waals surface area contributed by atoms with Gasteiger partial charge in [0, 0.05) is 11.1 Å². The lowest BCUT2D eigenvalue weighted by Crippen LogP contribution is -2.32. The van der Waals surface area contributed by atoms with Crippen LogP contribution < -0.4 is 5.32 Å². The Balaban J connectivity index is 1.56. The van der Waals surface area contributed by atoms with Gasteiger partial charge >= 0.3 is 5.97 Å². The summed E-state index contributed by atoms with van der Waals surface area (Å²) >= 11 is 0. The second kappa shape index (κ2) is 9.89. The van der Waals surface area contributed by atoms with E-state index in [0.29, 0.717) is 17.7 Å². The Kier molecular flexibility index (Phi) is 7.03. The lowest BCUT2D eigenvalue weighted by Gasteiger charge is -2.17. The van der Waals surface area contributed by atoms with E-state index in [1.807, 2.05) is 38.1 Å². The predicted molar refractivity (Wildman–Crippen MR) is 117 cm³/mol. The van der Waals surface area contributed by atoms with Gasteiger partial charge in [0.05, 0.1) is 6.04 Å². The lowest BCUT2D eigenvalue weighted by molar-refractivity contribution is -0.125. The smallest absolute Gasteiger partial charge is 0.374 e. The number of carbonyl (C=O) groups excluding carboxylic acids is 3. The van der Waals surface area contributed by atoms with Crippen molar-refractivity contribution >= 4 is 17.7 Å². The highest BCUT2D eigenvalue weighted by Gasteiger charge is 2.18. The third-order valence-electron chi connectivity index (χ3n) is 4.94. The van der Waals surface area contributed by atoms with E-state index in [1.54, 1.807) is 30.3 Å². The van der Waals surface area contributed by atoms with Crippen LogP contribution in [0.3, 0.4) is 0 Å². The summed E-state index contributed by atoms with van der Waals surface area (Å²) in [5, 5.41) is 2.88. The van der Waals surface area contributed by atoms with Crippen LogP contribution in [0.2, 0.25) is 0 Å². The van der Waals surface area contributed by atoms with Gasteiger partial charge in [0.2, 0.25) is 5.76 Å². The second-order valence-electron chi connectivity index (χ2n) is 7.31. The van der Waals surface area contributed by atoms with E-state index in [0.717, 1.165) is 16.7 Å². The van der Waals surface area contributed by atoms with Crippen molar-refractivity contribution in [3.8, 4) is 11.3 Å². The van der Waals surface area contributed by atoms with Crippen molar-refractivity contribution in [1.29, 1.82) is 0 Å². The average molecular weight is 419 g/mol. The van der Waals surface area contributed by atoms with Crippen LogP contribution in [0, 0.1) is 6.92 Å². The molecular formula is C25H25NO5. The van der Waals surface area contributed by atoms with Gasteiger partial charge in [0.25, 0.3) is 5.91 Å². The number of esters is 1. The Labute approximate surface area is 181 Å². The van der Waals surface area contributed by atoms with Crippen LogP contribution in [-0.2, 0) is 9.53 Å². The molecule has 0 radical (unpaired) electrons. The van der Waals surface area contributed by atoms with Crippen molar-refractivity contribution in [2.75, 3.05) is 6.61 Å². The molecule has 1 amide bonds. The summed E-state index contributed by atoms with van der Waals surface area (Å²) in [4.78, 5) is 35.9. The van der Waals surface area contributed by atoms with Crippen LogP contribution in [0.15, 0.2) is 65.1 Å². The maximum atomic E-state index is 12.3. The summed E-state index contributed by atoms with van der Waals surface area (Å²) < 4.78 is 10.7. The van der Waals surface area contributed by atoms with E-state index in [9.17, 15) is 14.4 Å². The fourth-order valence-corrected chi connectivity index (χ4v) is 3.13. The van der Waals surface area contributed by atoms with Gasteiger partial charge in [-0.1, -0.05) is 61.0 Å². The second-order valence-corrected chi connectivity index (χ2v) is 7.31. The molecule has 0 aliphatic rings. The topological polar surface area (TPSA) is 85.6 Å². The molecule has 0 spiro atoms. The highest BCUT2D eigenvalue weighted by molar-refractivity contribution is 5.94. The van der Waals surface area contributed by atoms with Gasteiger partial charge in [0.15, 0.2) is 12.4 Å². The van der Waals surface area contributed by atoms with Crippen LogP contribution >= 0.6 is 0 Å². The molecule has 160 valence electrons. The van der Waals surface area contributed by atoms with Crippen molar-refractivity contribution in [3.05, 3.63) is 83.1 Å². The lowest BCUT2D eigenvalue weighted by atomic mass is 10.0. The molecular weight excluding hydrogens is 394 g/mol. The Bertz CT molecular complexity index is 1060. The van der Waals surface area contributed by atoms with Crippen molar-refractivity contribution in [2.45, 2.75) is 33.2 Å². The predicted octanol–water partition coefficient (Wildman–Crippen LogP) is 4.88. The first-order valence-electron chi connectivity index (χ1n) is 10.1. The van der Waals surface area contributed by atoms with Crippen molar-refractivity contribution < 1.29 is 23.5 Å². The minimum absolute atomic E-state index is 0.00372. The summed E-state index contributed by atoms with van der Waals surface area (Å²) in [5.74, 6) is -0.653. The van der Waals surface area contributed by atoms with Crippen LogP contribution in [0.5, 0.6) is 0 Å². The Hall–Kier alpha value is -3.67. The number of ether oxygens (including phenoxy) is 1. The van der Waals surface area contributed by atoms with Crippen molar-refractivity contribution in [3.63, 3.8) is 0 Å². The van der Waals surface area contributed by atoms with Gasteiger partial charge in [0.1, 0.15) is 5.76 Å². The molecule has 0 unspecified atom stereocenters. The third-order valence-corrected chi connectivity index (χ3v) is 4.94. The third kappa shape index (κ3) is 5.69. The number of hydrogen-bond donors (Lipinski definition) is 1. The minimum atomic E-state index is -0.717. The van der Waals surface area contributed by atoms with E-state index in [-0.39, 0.29) is 23.5 Å². The van der Waals surface area contributed by atoms with Gasteiger partial charge in [-0.3, -0.25) is 9.59 Å². The molecule has 0 bridgehead atoms. The molecule has 6 nitrogen and oxygen atoms in total. The quantitative estimate of drug-likeness (QED) is 0.415. The van der Waals surface area contributed by atoms with Crippen LogP contribution in [0.25, 0.3) is 11.3 Å². The van der Waals surface area contributed by atoms with E-state index < -0.39 is 12.6 Å². The van der Waals surface area contributed by atoms with Crippen molar-refractivity contribution in [1.82, 2.24) is 5.32 Å². The number of carbonyl (C=O) groups is 3. The van der Waals surface area contributed by atoms with Crippen LogP contribution in [0.1, 0.15) is 58.3 Å². The number of ketones is 1. The first-order chi connectivity index (χ1) is 14.9. The molecule has 0 fully saturated rings. The number of hydrogen-bond acceptors (Lipinski definition) is 5. The summed E-state index contributed by atoms with van der Waals surface area (Å²) in [6.45, 7) is 5.08. The molecule has 3 aromatic rings. The summed E-state index contributed by atoms with van der Waals surface area (Å²) in [6, 6.07) is 17.8. The van der Waals surface area contributed by atoms with Gasteiger partial charge < -0.3 is 14.5 Å². The number of rotatable bonds is 8. The number of benzene rings is 2. The summed E-state index contributed by atoms with van der Waals surface area (Å²) in [6.07, 6.45) is 0.715. The zero-order valence-corrected chi connectivity index (χ0v) is 17.8. The number of aryl methyl sites for hydroxylation is 1. The molecule has 31 heavy (non-hydrogen) atoms. The fraction of sp³-hybridized carbons (Fsp3) is 0.240. The number of nitrogens with one attached hydrogen (secondary N) is 1. The SMILES string of the molecule is CC[C@@H](NC(=O)COC(=O)c1ccc(-c2ccc(C(C)=O)cc2)o1)c1ccc(C)cc1. The average Bonchev–Trinajstić information content (AvgIpc) is 3.27. The maximum absolute atomic E-state index is 12.3. The van der Waals surface area contributed by atoms with Crippen LogP contribution in [-0.4, -0.2) is 24.3 Å². The molecule has 0 aliphatic heterocycles. The molecule has 1 atom stereocenters. The van der Waals surface area contributed by atoms with E-state index >= 15 is 0 Å². The zero-order chi connectivity index (χ0) is 22.4. The normalized spacial score (nSPS) is 11.6. The van der Waals surface area contributed by atoms with E-state index in [4.69, 9.17) is 9.15 Å². The molecule has 1 heterocycles. The van der Waals surface area contributed by atoms with Gasteiger partial charge in [-0.2, -0.15) is 0 Å². The number of furan rings is 1. The molecule has 1 N–H and O–H groups in total. The van der Waals surface area contributed by atoms with Gasteiger partial charge in [-0.25, -0.2) is 4.79 Å². The van der Waals surface area contributed by atoms with Crippen LogP contribution in [0.4, 0.5) is 0 Å².